The Labute approximate surface area is 79.5 Å². The predicted molar refractivity (Wildman–Crippen MR) is 51.9 cm³/mol. The van der Waals surface area contributed by atoms with E-state index < -0.39 is 0 Å². The van der Waals surface area contributed by atoms with E-state index in [1.807, 2.05) is 0 Å². The largest absolute Gasteiger partial charge is 0.187 e. The molecule has 0 radical (unpaired) electrons. The van der Waals surface area contributed by atoms with Gasteiger partial charge in [-0.05, 0) is 0 Å². The third kappa shape index (κ3) is 38.4. The first kappa shape index (κ1) is 101. The molecule has 0 unspecified atom stereocenters. The number of rotatable bonds is 0. The molecule has 0 saturated carbocycles. The van der Waals surface area contributed by atoms with Crippen LogP contribution in [0.1, 0.15) is 0 Å². The lowest BCUT2D eigenvalue weighted by Gasteiger charge is -0.148. The fourth-order valence-corrected chi connectivity index (χ4v) is 0. The van der Waals surface area contributed by atoms with Crippen molar-refractivity contribution in [3.8, 4) is 0 Å². The molecule has 0 aliphatic heterocycles. The molecule has 6 heavy (non-hydrogen) atoms. The van der Waals surface area contributed by atoms with Gasteiger partial charge in [0.05, 0.1) is 8.41 Å². The van der Waals surface area contributed by atoms with E-state index in [0.29, 0.717) is 0 Å². The zero-order valence-corrected chi connectivity index (χ0v) is 5.80. The summed E-state index contributed by atoms with van der Waals surface area (Å²) in [5, 5.41) is 0. The Kier molecular flexibility index (Phi) is 1090. The van der Waals surface area contributed by atoms with Crippen molar-refractivity contribution < 1.29 is 0 Å². The van der Waals surface area contributed by atoms with Crippen LogP contribution >= 0.6 is 54.2 Å². The van der Waals surface area contributed by atoms with Crippen LogP contribution in [0.4, 0.5) is 0 Å². The Hall–Kier alpha value is 1.95. The SMILES string of the molecule is B.Br.Cl.Cl.Cl.[AlH3]. The van der Waals surface area contributed by atoms with E-state index in [9.17, 15) is 0 Å². The molecule has 6 heteroatoms. The van der Waals surface area contributed by atoms with Crippen LogP contribution in [-0.2, 0) is 0 Å². The van der Waals surface area contributed by atoms with E-state index >= 15 is 0 Å². The van der Waals surface area contributed by atoms with Crippen molar-refractivity contribution in [2.75, 3.05) is 0 Å². The van der Waals surface area contributed by atoms with Crippen LogP contribution < -0.4 is 0 Å². The maximum Gasteiger partial charge on any atom is 0.187 e. The topological polar surface area (TPSA) is 0 Å². The zero-order chi connectivity index (χ0) is 0. The van der Waals surface area contributed by atoms with E-state index in [0.717, 1.165) is 0 Å². The van der Waals surface area contributed by atoms with Gasteiger partial charge in [-0.3, -0.25) is 0 Å². The fourth-order valence-electron chi connectivity index (χ4n) is 0. The van der Waals surface area contributed by atoms with Gasteiger partial charge >= 0.3 is 0 Å². The number of hydrogen-bond donors (Lipinski definition) is 0. The predicted octanol–water partition coefficient (Wildman–Crippen LogP) is -0.525. The third-order valence-corrected chi connectivity index (χ3v) is 0. The summed E-state index contributed by atoms with van der Waals surface area (Å²) in [7, 11) is 0. The van der Waals surface area contributed by atoms with Gasteiger partial charge in [-0.15, -0.1) is 54.2 Å². The van der Waals surface area contributed by atoms with Gasteiger partial charge in [0.25, 0.3) is 0 Å². The van der Waals surface area contributed by atoms with Gasteiger partial charge in [-0.1, -0.05) is 0 Å². The standard InChI is InChI=1S/Al.BH3.BrH.3ClH.3H/h;1H3;4*1H;;;. The first-order valence-electron chi connectivity index (χ1n) is 0. The normalized spacial score (nSPS) is 0. The van der Waals surface area contributed by atoms with Crippen LogP contribution in [0, 0.1) is 0 Å². The molecule has 0 N–H and O–H groups in total. The highest BCUT2D eigenvalue weighted by molar-refractivity contribution is 8.93. The van der Waals surface area contributed by atoms with E-state index in [1.165, 1.54) is 0 Å². The highest BCUT2D eigenvalue weighted by atomic mass is 79.9. The van der Waals surface area contributed by atoms with Crippen molar-refractivity contribution in [3.63, 3.8) is 0 Å². The highest BCUT2D eigenvalue weighted by Gasteiger charge is 0.187. The minimum absolute atomic E-state index is 0. The second-order valence-electron chi connectivity index (χ2n) is 0. The summed E-state index contributed by atoms with van der Waals surface area (Å²) in [6, 6.07) is 0. The summed E-state index contributed by atoms with van der Waals surface area (Å²) in [5.41, 5.74) is 0. The third-order valence-electron chi connectivity index (χ3n) is 0. The molecule has 0 spiro atoms. The van der Waals surface area contributed by atoms with E-state index in [4.69, 9.17) is 0 Å². The molecule has 0 nitrogen and oxygen atoms in total. The average Bonchev–Trinajstić information content (AvgIpc) is 0. The van der Waals surface area contributed by atoms with Crippen LogP contribution in [0.5, 0.6) is 0 Å². The first-order valence-corrected chi connectivity index (χ1v) is 0. The van der Waals surface area contributed by atoms with Crippen molar-refractivity contribution in [3.05, 3.63) is 0 Å². The lowest BCUT2D eigenvalue weighted by Crippen LogP contribution is -0.382. The van der Waals surface area contributed by atoms with Gasteiger partial charge in [-0.2, -0.15) is 0 Å². The molecule has 0 fully saturated rings. The summed E-state index contributed by atoms with van der Waals surface area (Å²) in [6.45, 7) is 0. The Morgan fingerprint density at radius 1 is 0.667 bits per heavy atom. The van der Waals surface area contributed by atoms with Gasteiger partial charge in [-0.25, -0.2) is 0 Å². The summed E-state index contributed by atoms with van der Waals surface area (Å²) >= 11 is 0. The molecule has 0 amide bonds. The highest BCUT2D eigenvalue weighted by Crippen LogP contribution is 0.846. The number of halogens is 4. The van der Waals surface area contributed by atoms with Gasteiger partial charge < -0.3 is 0 Å². The van der Waals surface area contributed by atoms with Gasteiger partial charge in [0.1, 0.15) is 0 Å². The van der Waals surface area contributed by atoms with Crippen molar-refractivity contribution in [1.29, 1.82) is 0 Å². The molecule has 0 saturated heterocycles. The molecule has 0 rings (SSSR count). The molecule has 0 aromatic carbocycles. The van der Waals surface area contributed by atoms with Gasteiger partial charge in [0.2, 0.25) is 0 Å². The smallest absolute Gasteiger partial charge is 0.147 e. The van der Waals surface area contributed by atoms with Gasteiger partial charge in [0, 0.05) is 0 Å². The molecule has 0 heterocycles. The van der Waals surface area contributed by atoms with Crippen LogP contribution in [0.15, 0.2) is 0 Å². The Bertz CT molecular complexity index is 10.8. The second-order valence-corrected chi connectivity index (χ2v) is 0. The molecule has 0 aromatic rings. The molecule has 0 bridgehead atoms. The van der Waals surface area contributed by atoms with Crippen LogP contribution in [0.2, 0.25) is 0 Å². The van der Waals surface area contributed by atoms with E-state index in [1.54, 1.807) is 0 Å². The van der Waals surface area contributed by atoms with Crippen molar-refractivity contribution >= 4 is 80.0 Å². The Balaban J connectivity index is 0. The quantitative estimate of drug-likeness (QED) is 0.494. The lowest BCUT2D eigenvalue weighted by atomic mass is 10.8. The van der Waals surface area contributed by atoms with Crippen molar-refractivity contribution in [1.82, 2.24) is 0 Å². The average molecular weight is 234 g/mol. The number of hydrogen-bond acceptors (Lipinski definition) is 0. The minimum Gasteiger partial charge on any atom is -0.147 e. The zero-order valence-electron chi connectivity index (χ0n) is 1.63. The summed E-state index contributed by atoms with van der Waals surface area (Å²) in [4.78, 5) is 0. The Morgan fingerprint density at radius 2 is 0.667 bits per heavy atom. The fraction of sp³-hybridized carbons (Fsp3) is 0. The lowest BCUT2D eigenvalue weighted by molar-refractivity contribution is 5.75. The monoisotopic (exact) mass is 232 g/mol. The molecule has 0 atom stereocenters. The second kappa shape index (κ2) is 64.8. The van der Waals surface area contributed by atoms with Gasteiger partial charge in [0.15, 0.2) is 17.4 Å². The Morgan fingerprint density at radius 3 is 0.667 bits per heavy atom. The molecule has 44 valence electrons. The first-order chi connectivity index (χ1) is 0. The van der Waals surface area contributed by atoms with E-state index in [2.05, 4.69) is 0 Å². The summed E-state index contributed by atoms with van der Waals surface area (Å²) in [5.74, 6) is 0. The molecular weight excluding hydrogens is 224 g/mol. The minimum atomic E-state index is 0. The molecule has 0 aliphatic rings. The van der Waals surface area contributed by atoms with Crippen molar-refractivity contribution in [2.24, 2.45) is 0 Å². The maximum absolute atomic E-state index is 0. The maximum atomic E-state index is 0. The van der Waals surface area contributed by atoms with Crippen LogP contribution in [0.3, 0.4) is 0 Å². The summed E-state index contributed by atoms with van der Waals surface area (Å²) in [6.07, 6.45) is 0. The summed E-state index contributed by atoms with van der Waals surface area (Å²) < 4.78 is 0. The van der Waals surface area contributed by atoms with Crippen LogP contribution in [-0.4, -0.2) is 25.8 Å². The molecular formula is H10AlBBrCl3. The van der Waals surface area contributed by atoms with Crippen molar-refractivity contribution in [2.45, 2.75) is 0 Å². The van der Waals surface area contributed by atoms with E-state index in [-0.39, 0.29) is 80.0 Å². The molecule has 0 aromatic heterocycles. The van der Waals surface area contributed by atoms with Crippen LogP contribution in [0.25, 0.3) is 0 Å². The molecule has 0 aliphatic carbocycles.